The number of benzene rings is 1. The van der Waals surface area contributed by atoms with E-state index in [9.17, 15) is 9.59 Å². The lowest BCUT2D eigenvalue weighted by molar-refractivity contribution is 0.0916. The molecule has 1 aliphatic heterocycles. The number of carbonyl (C=O) groups is 1. The smallest absolute Gasteiger partial charge is 0.293 e. The highest BCUT2D eigenvalue weighted by Crippen LogP contribution is 2.39. The van der Waals surface area contributed by atoms with E-state index in [2.05, 4.69) is 39.0 Å². The predicted octanol–water partition coefficient (Wildman–Crippen LogP) is 4.73. The van der Waals surface area contributed by atoms with E-state index in [4.69, 9.17) is 14.5 Å². The lowest BCUT2D eigenvalue weighted by Gasteiger charge is -2.29. The van der Waals surface area contributed by atoms with E-state index in [1.807, 2.05) is 6.92 Å². The number of amides is 1. The van der Waals surface area contributed by atoms with Crippen LogP contribution in [0.25, 0.3) is 21.5 Å². The van der Waals surface area contributed by atoms with Gasteiger partial charge in [-0.05, 0) is 93.9 Å². The molecule has 2 aliphatic rings. The molecule has 42 heavy (non-hydrogen) atoms. The maximum Gasteiger partial charge on any atom is 0.293 e. The number of carbonyl (C=O) groups excluding carboxylic acids is 1. The molecule has 220 valence electrons. The molecule has 4 heterocycles. The van der Waals surface area contributed by atoms with Gasteiger partial charge in [-0.15, -0.1) is 11.3 Å². The van der Waals surface area contributed by atoms with Gasteiger partial charge in [-0.1, -0.05) is 0 Å². The molecule has 1 saturated heterocycles. The summed E-state index contributed by atoms with van der Waals surface area (Å²) in [6.07, 6.45) is 5.77. The van der Waals surface area contributed by atoms with Crippen molar-refractivity contribution >= 4 is 39.9 Å². The normalized spacial score (nSPS) is 16.0. The fourth-order valence-electron chi connectivity index (χ4n) is 5.23. The molecule has 0 bridgehead atoms. The third-order valence-corrected chi connectivity index (χ3v) is 9.06. The maximum absolute atomic E-state index is 13.4. The van der Waals surface area contributed by atoms with Crippen molar-refractivity contribution < 1.29 is 14.3 Å². The first-order chi connectivity index (χ1) is 20.3. The van der Waals surface area contributed by atoms with E-state index in [-0.39, 0.29) is 17.5 Å². The molecule has 2 N–H and O–H groups in total. The Morgan fingerprint density at radius 3 is 2.62 bits per heavy atom. The number of piperidine rings is 1. The Kier molecular flexibility index (Phi) is 7.87. The number of hydrogen-bond acceptors (Lipinski definition) is 9. The van der Waals surface area contributed by atoms with Crippen molar-refractivity contribution in [3.63, 3.8) is 0 Å². The number of aryl methyl sites for hydroxylation is 2. The van der Waals surface area contributed by atoms with Gasteiger partial charge in [-0.3, -0.25) is 9.59 Å². The molecule has 0 spiro atoms. The molecule has 10 nitrogen and oxygen atoms in total. The van der Waals surface area contributed by atoms with Crippen LogP contribution in [0.5, 0.6) is 11.5 Å². The topological polar surface area (TPSA) is 111 Å². The molecule has 1 amide bonds. The summed E-state index contributed by atoms with van der Waals surface area (Å²) in [5.74, 6) is 1.53. The molecule has 1 aromatic carbocycles. The number of fused-ring (bicyclic) bond motifs is 1. The van der Waals surface area contributed by atoms with Crippen molar-refractivity contribution in [3.8, 4) is 21.9 Å². The van der Waals surface area contributed by atoms with E-state index in [0.717, 1.165) is 49.2 Å². The average Bonchev–Trinajstić information content (AvgIpc) is 3.73. The SMILES string of the molecule is COc1cc(C(=O)NC2CCN(C)CC2)ccc1Nc1ncc2c(n1)c(-c1cc(C)cs1)c(OCC1CC1)c(=O)n2C. The Morgan fingerprint density at radius 1 is 1.14 bits per heavy atom. The quantitative estimate of drug-likeness (QED) is 0.289. The van der Waals surface area contributed by atoms with Crippen molar-refractivity contribution in [2.24, 2.45) is 13.0 Å². The minimum Gasteiger partial charge on any atom is -0.495 e. The molecule has 0 radical (unpaired) electrons. The Labute approximate surface area is 248 Å². The van der Waals surface area contributed by atoms with Crippen LogP contribution in [0.3, 0.4) is 0 Å². The van der Waals surface area contributed by atoms with E-state index in [0.29, 0.717) is 57.8 Å². The van der Waals surface area contributed by atoms with Crippen LogP contribution in [0.1, 0.15) is 41.6 Å². The zero-order chi connectivity index (χ0) is 29.4. The third kappa shape index (κ3) is 5.84. The summed E-state index contributed by atoms with van der Waals surface area (Å²) in [4.78, 5) is 39.0. The van der Waals surface area contributed by atoms with E-state index >= 15 is 0 Å². The van der Waals surface area contributed by atoms with Gasteiger partial charge in [0.2, 0.25) is 5.95 Å². The van der Waals surface area contributed by atoms with Crippen LogP contribution in [0, 0.1) is 12.8 Å². The van der Waals surface area contributed by atoms with Crippen LogP contribution in [-0.4, -0.2) is 65.2 Å². The number of hydrogen-bond donors (Lipinski definition) is 2. The van der Waals surface area contributed by atoms with Crippen molar-refractivity contribution in [3.05, 3.63) is 57.3 Å². The number of ether oxygens (including phenoxy) is 2. The van der Waals surface area contributed by atoms with E-state index in [1.54, 1.807) is 54.5 Å². The number of thiophene rings is 1. The molecule has 11 heteroatoms. The summed E-state index contributed by atoms with van der Waals surface area (Å²) >= 11 is 1.56. The number of nitrogens with one attached hydrogen (secondary N) is 2. The van der Waals surface area contributed by atoms with Gasteiger partial charge in [0.15, 0.2) is 5.75 Å². The van der Waals surface area contributed by atoms with Crippen LogP contribution < -0.4 is 25.7 Å². The first kappa shape index (κ1) is 28.2. The Hall–Kier alpha value is -3.96. The maximum atomic E-state index is 13.4. The van der Waals surface area contributed by atoms with Gasteiger partial charge in [0.05, 0.1) is 36.7 Å². The number of anilines is 2. The Balaban J connectivity index is 1.32. The molecular weight excluding hydrogens is 552 g/mol. The number of likely N-dealkylation sites (tertiary alicyclic amines) is 1. The predicted molar refractivity (Wildman–Crippen MR) is 165 cm³/mol. The van der Waals surface area contributed by atoms with Crippen LogP contribution in [0.15, 0.2) is 40.6 Å². The summed E-state index contributed by atoms with van der Waals surface area (Å²) in [5, 5.41) is 8.46. The summed E-state index contributed by atoms with van der Waals surface area (Å²) in [6.45, 7) is 4.49. The van der Waals surface area contributed by atoms with Crippen molar-refractivity contribution in [2.45, 2.75) is 38.6 Å². The van der Waals surface area contributed by atoms with Crippen LogP contribution in [0.2, 0.25) is 0 Å². The summed E-state index contributed by atoms with van der Waals surface area (Å²) in [6, 6.07) is 7.50. The Bertz CT molecular complexity index is 1690. The minimum absolute atomic E-state index is 0.119. The van der Waals surface area contributed by atoms with Crippen molar-refractivity contribution in [2.75, 3.05) is 39.2 Å². The summed E-state index contributed by atoms with van der Waals surface area (Å²) in [5.41, 5.74) is 3.96. The van der Waals surface area contributed by atoms with Gasteiger partial charge in [0.1, 0.15) is 11.3 Å². The fourth-order valence-corrected chi connectivity index (χ4v) is 6.17. The zero-order valence-electron chi connectivity index (χ0n) is 24.4. The first-order valence-corrected chi connectivity index (χ1v) is 15.2. The van der Waals surface area contributed by atoms with E-state index < -0.39 is 0 Å². The molecule has 1 aliphatic carbocycles. The largest absolute Gasteiger partial charge is 0.495 e. The van der Waals surface area contributed by atoms with Gasteiger partial charge in [-0.2, -0.15) is 0 Å². The second-order valence-electron chi connectivity index (χ2n) is 11.3. The van der Waals surface area contributed by atoms with Crippen molar-refractivity contribution in [1.29, 1.82) is 0 Å². The number of aromatic nitrogens is 3. The summed E-state index contributed by atoms with van der Waals surface area (Å²) < 4.78 is 13.4. The highest BCUT2D eigenvalue weighted by molar-refractivity contribution is 7.13. The van der Waals surface area contributed by atoms with Crippen LogP contribution >= 0.6 is 11.3 Å². The molecule has 1 saturated carbocycles. The first-order valence-electron chi connectivity index (χ1n) is 14.3. The lowest BCUT2D eigenvalue weighted by Crippen LogP contribution is -2.43. The monoisotopic (exact) mass is 588 g/mol. The van der Waals surface area contributed by atoms with Crippen molar-refractivity contribution in [1.82, 2.24) is 24.8 Å². The molecule has 6 rings (SSSR count). The van der Waals surface area contributed by atoms with Gasteiger partial charge >= 0.3 is 0 Å². The number of methoxy groups -OCH3 is 1. The molecule has 4 aromatic rings. The second-order valence-corrected chi connectivity index (χ2v) is 12.2. The summed E-state index contributed by atoms with van der Waals surface area (Å²) in [7, 11) is 5.38. The number of pyridine rings is 1. The van der Waals surface area contributed by atoms with Gasteiger partial charge in [-0.25, -0.2) is 9.97 Å². The number of nitrogens with zero attached hydrogens (tertiary/aromatic N) is 4. The third-order valence-electron chi connectivity index (χ3n) is 7.99. The number of rotatable bonds is 9. The highest BCUT2D eigenvalue weighted by Gasteiger charge is 2.26. The molecule has 2 fully saturated rings. The standard InChI is InChI=1S/C31H36N6O4S/c1-18-13-25(42-17-18)26-27-23(37(3)30(39)28(26)41-16-19-5-6-19)15-32-31(35-27)34-22-8-7-20(14-24(22)40-4)29(38)33-21-9-11-36(2)12-10-21/h7-8,13-15,17,19,21H,5-6,9-12,16H2,1-4H3,(H,33,38)(H,32,34,35). The van der Waals surface area contributed by atoms with Gasteiger partial charge < -0.3 is 29.6 Å². The highest BCUT2D eigenvalue weighted by atomic mass is 32.1. The second kappa shape index (κ2) is 11.7. The zero-order valence-corrected chi connectivity index (χ0v) is 25.2. The molecule has 0 atom stereocenters. The van der Waals surface area contributed by atoms with E-state index in [1.165, 1.54) is 0 Å². The van der Waals surface area contributed by atoms with Gasteiger partial charge in [0.25, 0.3) is 11.5 Å². The van der Waals surface area contributed by atoms with Crippen LogP contribution in [0.4, 0.5) is 11.6 Å². The van der Waals surface area contributed by atoms with Crippen LogP contribution in [-0.2, 0) is 7.05 Å². The minimum atomic E-state index is -0.204. The average molecular weight is 589 g/mol. The van der Waals surface area contributed by atoms with Gasteiger partial charge in [0, 0.05) is 23.5 Å². The molecule has 3 aromatic heterocycles. The Morgan fingerprint density at radius 2 is 1.93 bits per heavy atom. The molecule has 0 unspecified atom stereocenters. The molecular formula is C31H36N6O4S. The lowest BCUT2D eigenvalue weighted by atomic mass is 10.0. The fraction of sp³-hybridized carbons (Fsp3) is 0.419.